The molecule has 6 heterocycles. The summed E-state index contributed by atoms with van der Waals surface area (Å²) in [4.78, 5) is 38.6. The second kappa shape index (κ2) is 22.1. The smallest absolute Gasteiger partial charge is 0.387 e. The lowest BCUT2D eigenvalue weighted by Gasteiger charge is -2.35. The monoisotopic (exact) mass is 1010 g/mol. The first-order valence-corrected chi connectivity index (χ1v) is 23.8. The van der Waals surface area contributed by atoms with E-state index in [1.165, 1.54) is 6.07 Å². The highest BCUT2D eigenvalue weighted by Crippen LogP contribution is 2.41. The summed E-state index contributed by atoms with van der Waals surface area (Å²) in [5.41, 5.74) is 14.3. The molecule has 0 aliphatic carbocycles. The fourth-order valence-electron chi connectivity index (χ4n) is 9.12. The summed E-state index contributed by atoms with van der Waals surface area (Å²) >= 11 is 0. The number of hydrogen-bond donors (Lipinski definition) is 4. The van der Waals surface area contributed by atoms with Crippen LogP contribution in [0.2, 0.25) is 0 Å². The summed E-state index contributed by atoms with van der Waals surface area (Å²) in [6.45, 7) is 3.59. The first kappa shape index (κ1) is 50.5. The van der Waals surface area contributed by atoms with Gasteiger partial charge in [-0.1, -0.05) is 43.0 Å². The number of nitrogens with two attached hydrogens (primary N) is 1. The SMILES string of the molecule is C=CC(=O)Nc1cc(Nc2nccc(-c3cn(C)c4ccccc34)n2)c(OC(F)F)cc1N1CCN(C)CC1.CN1CCN(c2cc(OC(F)F)c(Nc3nccc(-c4cn(C)c5ccccc45)n3)cc2N)CC1. The van der Waals surface area contributed by atoms with Crippen molar-refractivity contribution >= 4 is 73.7 Å². The van der Waals surface area contributed by atoms with Crippen LogP contribution in [0.4, 0.5) is 63.6 Å². The van der Waals surface area contributed by atoms with Crippen molar-refractivity contribution in [1.29, 1.82) is 0 Å². The highest BCUT2D eigenvalue weighted by atomic mass is 19.3. The Balaban J connectivity index is 0.000000183. The van der Waals surface area contributed by atoms with Crippen LogP contribution in [0.3, 0.4) is 0 Å². The number of amides is 1. The Bertz CT molecular complexity index is 3300. The van der Waals surface area contributed by atoms with Gasteiger partial charge in [0.05, 0.1) is 45.5 Å². The molecule has 1 amide bonds. The molecule has 4 aromatic heterocycles. The van der Waals surface area contributed by atoms with E-state index in [9.17, 15) is 22.4 Å². The van der Waals surface area contributed by atoms with E-state index >= 15 is 0 Å². The number of carbonyl (C=O) groups excluding carboxylic acids is 1. The van der Waals surface area contributed by atoms with E-state index in [4.69, 9.17) is 15.2 Å². The number of para-hydroxylation sites is 2. The predicted octanol–water partition coefficient (Wildman–Crippen LogP) is 9.17. The number of rotatable bonds is 14. The van der Waals surface area contributed by atoms with Crippen LogP contribution in [0, 0.1) is 0 Å². The lowest BCUT2D eigenvalue weighted by atomic mass is 10.1. The van der Waals surface area contributed by atoms with Gasteiger partial charge in [0.15, 0.2) is 11.5 Å². The van der Waals surface area contributed by atoms with Gasteiger partial charge in [0.1, 0.15) is 0 Å². The number of alkyl halides is 4. The molecular weight excluding hydrogens is 957 g/mol. The van der Waals surface area contributed by atoms with Crippen LogP contribution < -0.4 is 41.0 Å². The molecule has 2 aliphatic heterocycles. The van der Waals surface area contributed by atoms with Gasteiger partial charge in [-0.15, -0.1) is 0 Å². The molecule has 2 aliphatic rings. The van der Waals surface area contributed by atoms with Gasteiger partial charge in [-0.2, -0.15) is 17.6 Å². The number of halogens is 4. The molecule has 4 aromatic carbocycles. The molecule has 0 bridgehead atoms. The minimum Gasteiger partial charge on any atom is -0.433 e. The third-order valence-corrected chi connectivity index (χ3v) is 12.9. The number of nitrogen functional groups attached to an aromatic ring is 1. The van der Waals surface area contributed by atoms with Crippen LogP contribution in [0.1, 0.15) is 0 Å². The number of nitrogens with one attached hydrogen (secondary N) is 3. The van der Waals surface area contributed by atoms with Gasteiger partial charge < -0.3 is 59.9 Å². The zero-order chi connectivity index (χ0) is 52.0. The third kappa shape index (κ3) is 11.4. The number of piperazine rings is 2. The molecule has 0 spiro atoms. The number of aryl methyl sites for hydroxylation is 2. The van der Waals surface area contributed by atoms with Crippen LogP contribution in [0.5, 0.6) is 11.5 Å². The average Bonchev–Trinajstić information content (AvgIpc) is 3.92. The van der Waals surface area contributed by atoms with Crippen molar-refractivity contribution in [3.05, 3.63) is 122 Å². The van der Waals surface area contributed by atoms with Crippen molar-refractivity contribution < 1.29 is 31.8 Å². The number of fused-ring (bicyclic) bond motifs is 2. The van der Waals surface area contributed by atoms with Gasteiger partial charge in [0.2, 0.25) is 17.8 Å². The molecule has 10 rings (SSSR count). The number of benzene rings is 4. The number of nitrogens with zero attached hydrogens (tertiary/aromatic N) is 10. The van der Waals surface area contributed by atoms with Crippen LogP contribution in [0.15, 0.2) is 122 Å². The number of ether oxygens (including phenoxy) is 2. The molecule has 0 saturated carbocycles. The van der Waals surface area contributed by atoms with E-state index < -0.39 is 19.1 Å². The summed E-state index contributed by atoms with van der Waals surface area (Å²) in [6, 6.07) is 25.8. The largest absolute Gasteiger partial charge is 0.433 e. The fourth-order valence-corrected chi connectivity index (χ4v) is 9.12. The fraction of sp³-hybridized carbons (Fsp3) is 0.264. The van der Waals surface area contributed by atoms with Gasteiger partial charge in [-0.25, -0.2) is 19.9 Å². The quantitative estimate of drug-likeness (QED) is 0.0462. The summed E-state index contributed by atoms with van der Waals surface area (Å²) in [6.07, 6.45) is 8.36. The predicted molar refractivity (Wildman–Crippen MR) is 283 cm³/mol. The van der Waals surface area contributed by atoms with Gasteiger partial charge in [0.25, 0.3) is 0 Å². The topological polar surface area (TPSA) is 172 Å². The molecule has 384 valence electrons. The van der Waals surface area contributed by atoms with Crippen molar-refractivity contribution in [1.82, 2.24) is 38.9 Å². The van der Waals surface area contributed by atoms with E-state index in [0.717, 1.165) is 78.3 Å². The first-order valence-electron chi connectivity index (χ1n) is 23.8. The summed E-state index contributed by atoms with van der Waals surface area (Å²) in [5.74, 6) is -0.0840. The van der Waals surface area contributed by atoms with Crippen molar-refractivity contribution in [3.8, 4) is 34.0 Å². The molecule has 8 aromatic rings. The van der Waals surface area contributed by atoms with E-state index in [1.54, 1.807) is 36.7 Å². The van der Waals surface area contributed by atoms with Crippen LogP contribution in [0.25, 0.3) is 44.3 Å². The van der Waals surface area contributed by atoms with Crippen molar-refractivity contribution in [3.63, 3.8) is 0 Å². The van der Waals surface area contributed by atoms with E-state index in [1.807, 2.05) is 109 Å². The van der Waals surface area contributed by atoms with Gasteiger partial charge >= 0.3 is 13.2 Å². The highest BCUT2D eigenvalue weighted by Gasteiger charge is 2.24. The Kier molecular flexibility index (Phi) is 15.1. The molecule has 0 radical (unpaired) electrons. The maximum absolute atomic E-state index is 13.5. The van der Waals surface area contributed by atoms with E-state index in [2.05, 4.69) is 57.2 Å². The molecule has 0 atom stereocenters. The Morgan fingerprint density at radius 1 is 0.622 bits per heavy atom. The summed E-state index contributed by atoms with van der Waals surface area (Å²) in [5, 5.41) is 10.9. The lowest BCUT2D eigenvalue weighted by Crippen LogP contribution is -2.44. The van der Waals surface area contributed by atoms with Crippen molar-refractivity contribution in [2.75, 3.05) is 97.9 Å². The van der Waals surface area contributed by atoms with Gasteiger partial charge in [-0.05, 0) is 56.6 Å². The maximum atomic E-state index is 13.5. The highest BCUT2D eigenvalue weighted by molar-refractivity contribution is 6.02. The van der Waals surface area contributed by atoms with Gasteiger partial charge in [0, 0.05) is 136 Å². The minimum absolute atomic E-state index is 0.0118. The first-order chi connectivity index (χ1) is 35.7. The Hall–Kier alpha value is -8.43. The second-order valence-electron chi connectivity index (χ2n) is 17.9. The number of anilines is 8. The number of likely N-dealkylation sites (N-methyl/N-ethyl adjacent to an activating group) is 2. The molecule has 2 fully saturated rings. The molecule has 0 unspecified atom stereocenters. The van der Waals surface area contributed by atoms with E-state index in [0.29, 0.717) is 47.2 Å². The molecule has 2 saturated heterocycles. The van der Waals surface area contributed by atoms with E-state index in [-0.39, 0.29) is 34.8 Å². The zero-order valence-corrected chi connectivity index (χ0v) is 41.3. The van der Waals surface area contributed by atoms with Gasteiger partial charge in [-0.3, -0.25) is 4.79 Å². The Morgan fingerprint density at radius 2 is 1.07 bits per heavy atom. The zero-order valence-electron chi connectivity index (χ0n) is 41.3. The molecule has 5 N–H and O–H groups in total. The summed E-state index contributed by atoms with van der Waals surface area (Å²) < 4.78 is 67.3. The van der Waals surface area contributed by atoms with Crippen molar-refractivity contribution in [2.45, 2.75) is 13.2 Å². The maximum Gasteiger partial charge on any atom is 0.387 e. The normalized spacial score (nSPS) is 14.3. The average molecular weight is 1010 g/mol. The molecule has 74 heavy (non-hydrogen) atoms. The van der Waals surface area contributed by atoms with Crippen molar-refractivity contribution in [2.24, 2.45) is 14.1 Å². The summed E-state index contributed by atoms with van der Waals surface area (Å²) in [7, 11) is 8.00. The Labute approximate surface area is 424 Å². The number of hydrogen-bond acceptors (Lipinski definition) is 14. The standard InChI is InChI=1S/C28H29F2N7O2.C25H27F2N7O/c1-4-26(38)32-21-15-22(25(39-27(29)30)16-24(21)37-13-11-35(2)12-14-37)34-28-31-10-9-20(33-28)19-17-36(3)23-8-6-5-7-18(19)23;1-32-9-11-34(12-10-32)22-14-23(35-24(26)27)20(13-18(22)28)31-25-29-8-7-19(30-25)17-15-33(2)21-6-4-3-5-16(17)21/h4-10,15-17,27H,1,11-14H2,2-3H3,(H,32,38)(H,31,33,34);3-8,13-15,24H,9-12,28H2,1-2H3,(H,29,30,31). The third-order valence-electron chi connectivity index (χ3n) is 12.9. The van der Waals surface area contributed by atoms with Crippen LogP contribution >= 0.6 is 0 Å². The van der Waals surface area contributed by atoms with Crippen LogP contribution in [-0.2, 0) is 18.9 Å². The molecule has 21 heteroatoms. The minimum atomic E-state index is -3.05. The molecular formula is C53H56F4N14O3. The van der Waals surface area contributed by atoms with Crippen LogP contribution in [-0.4, -0.2) is 124 Å². The lowest BCUT2D eigenvalue weighted by molar-refractivity contribution is -0.111. The molecule has 17 nitrogen and oxygen atoms in total. The Morgan fingerprint density at radius 3 is 1.54 bits per heavy atom. The number of carbonyl (C=O) groups is 1. The number of aromatic nitrogens is 6. The second-order valence-corrected chi connectivity index (χ2v) is 17.9.